The number of rotatable bonds is 5. The number of nitrogens with zero attached hydrogens (tertiary/aromatic N) is 2. The quantitative estimate of drug-likeness (QED) is 0.418. The Labute approximate surface area is 176 Å². The van der Waals surface area contributed by atoms with Crippen molar-refractivity contribution in [3.63, 3.8) is 0 Å². The third-order valence-corrected chi connectivity index (χ3v) is 6.20. The molecule has 4 heteroatoms. The Bertz CT molecular complexity index is 1200. The smallest absolute Gasteiger partial charge is 0.170 e. The molecule has 1 heterocycles. The maximum atomic E-state index is 11.8. The summed E-state index contributed by atoms with van der Waals surface area (Å²) in [5, 5.41) is 7.27. The molecule has 0 saturated heterocycles. The first kappa shape index (κ1) is 18.6. The number of aldehydes is 1. The number of hydrogen-bond acceptors (Lipinski definition) is 3. The zero-order valence-electron chi connectivity index (χ0n) is 17.0. The highest BCUT2D eigenvalue weighted by molar-refractivity contribution is 5.85. The topological polar surface area (TPSA) is 44.1 Å². The minimum Gasteiger partial charge on any atom is -0.497 e. The number of benzene rings is 3. The summed E-state index contributed by atoms with van der Waals surface area (Å²) in [6.07, 6.45) is 4.92. The van der Waals surface area contributed by atoms with Crippen molar-refractivity contribution in [2.24, 2.45) is 0 Å². The van der Waals surface area contributed by atoms with Gasteiger partial charge in [-0.2, -0.15) is 5.10 Å². The van der Waals surface area contributed by atoms with Gasteiger partial charge in [0.15, 0.2) is 6.29 Å². The minimum absolute atomic E-state index is 0.322. The van der Waals surface area contributed by atoms with Gasteiger partial charge < -0.3 is 4.74 Å². The van der Waals surface area contributed by atoms with E-state index in [4.69, 9.17) is 9.84 Å². The van der Waals surface area contributed by atoms with Gasteiger partial charge in [-0.1, -0.05) is 42.5 Å². The van der Waals surface area contributed by atoms with Gasteiger partial charge in [0.25, 0.3) is 0 Å². The third-order valence-electron chi connectivity index (χ3n) is 6.20. The van der Waals surface area contributed by atoms with Gasteiger partial charge >= 0.3 is 0 Å². The Hall–Kier alpha value is -3.40. The normalized spacial score (nSPS) is 15.7. The first-order valence-electron chi connectivity index (χ1n) is 10.5. The molecule has 1 aliphatic carbocycles. The van der Waals surface area contributed by atoms with Crippen molar-refractivity contribution in [1.29, 1.82) is 0 Å². The third kappa shape index (κ3) is 3.18. The second-order valence-corrected chi connectivity index (χ2v) is 7.91. The van der Waals surface area contributed by atoms with Crippen molar-refractivity contribution >= 4 is 17.1 Å². The van der Waals surface area contributed by atoms with Gasteiger partial charge in [-0.15, -0.1) is 0 Å². The van der Waals surface area contributed by atoms with E-state index >= 15 is 0 Å². The van der Waals surface area contributed by atoms with Crippen LogP contribution in [0.1, 0.15) is 46.1 Å². The summed E-state index contributed by atoms with van der Waals surface area (Å²) in [7, 11) is 1.66. The molecule has 0 fully saturated rings. The highest BCUT2D eigenvalue weighted by Gasteiger charge is 2.29. The number of aromatic nitrogens is 2. The van der Waals surface area contributed by atoms with Crippen molar-refractivity contribution in [3.8, 4) is 11.4 Å². The maximum absolute atomic E-state index is 11.8. The Morgan fingerprint density at radius 1 is 1.07 bits per heavy atom. The highest BCUT2D eigenvalue weighted by atomic mass is 16.5. The van der Waals surface area contributed by atoms with E-state index in [0.29, 0.717) is 11.6 Å². The number of carbonyl (C=O) groups excluding carboxylic acids is 1. The molecule has 1 aliphatic rings. The summed E-state index contributed by atoms with van der Waals surface area (Å²) in [5.41, 5.74) is 5.17. The molecule has 4 aromatic rings. The van der Waals surface area contributed by atoms with Crippen LogP contribution in [-0.4, -0.2) is 23.2 Å². The fourth-order valence-corrected chi connectivity index (χ4v) is 4.77. The van der Waals surface area contributed by atoms with E-state index in [2.05, 4.69) is 42.5 Å². The van der Waals surface area contributed by atoms with Crippen LogP contribution >= 0.6 is 0 Å². The Morgan fingerprint density at radius 2 is 1.87 bits per heavy atom. The van der Waals surface area contributed by atoms with Crippen LogP contribution in [0.25, 0.3) is 16.5 Å². The van der Waals surface area contributed by atoms with Crippen LogP contribution in [0.2, 0.25) is 0 Å². The molecule has 0 saturated carbocycles. The predicted octanol–water partition coefficient (Wildman–Crippen LogP) is 5.51. The number of ether oxygens (including phenoxy) is 1. The highest BCUT2D eigenvalue weighted by Crippen LogP contribution is 2.38. The molecule has 0 bridgehead atoms. The fraction of sp³-hybridized carbons (Fsp3) is 0.231. The molecule has 1 unspecified atom stereocenters. The van der Waals surface area contributed by atoms with Crippen molar-refractivity contribution in [3.05, 3.63) is 89.2 Å². The lowest BCUT2D eigenvalue weighted by Crippen LogP contribution is -2.16. The molecule has 1 aromatic heterocycles. The van der Waals surface area contributed by atoms with E-state index in [9.17, 15) is 4.79 Å². The van der Waals surface area contributed by atoms with E-state index in [0.717, 1.165) is 49.0 Å². The van der Waals surface area contributed by atoms with E-state index in [1.807, 2.05) is 28.9 Å². The van der Waals surface area contributed by atoms with Gasteiger partial charge in [0.2, 0.25) is 0 Å². The molecule has 0 radical (unpaired) electrons. The number of methoxy groups -OCH3 is 1. The zero-order valence-corrected chi connectivity index (χ0v) is 17.0. The molecule has 0 aliphatic heterocycles. The van der Waals surface area contributed by atoms with Gasteiger partial charge in [-0.3, -0.25) is 4.79 Å². The lowest BCUT2D eigenvalue weighted by atomic mass is 9.82. The van der Waals surface area contributed by atoms with Crippen molar-refractivity contribution < 1.29 is 9.53 Å². The lowest BCUT2D eigenvalue weighted by molar-refractivity contribution is 0.111. The van der Waals surface area contributed by atoms with Crippen LogP contribution in [0.3, 0.4) is 0 Å². The van der Waals surface area contributed by atoms with Crippen LogP contribution in [0.5, 0.6) is 5.75 Å². The van der Waals surface area contributed by atoms with Crippen molar-refractivity contribution in [2.75, 3.05) is 7.11 Å². The second-order valence-electron chi connectivity index (χ2n) is 7.91. The Kier molecular flexibility index (Phi) is 4.83. The van der Waals surface area contributed by atoms with E-state index in [1.165, 1.54) is 22.0 Å². The minimum atomic E-state index is 0.322. The van der Waals surface area contributed by atoms with Gasteiger partial charge in [0.1, 0.15) is 11.4 Å². The van der Waals surface area contributed by atoms with E-state index < -0.39 is 0 Å². The molecule has 0 spiro atoms. The van der Waals surface area contributed by atoms with Crippen molar-refractivity contribution in [2.45, 2.75) is 31.6 Å². The summed E-state index contributed by atoms with van der Waals surface area (Å²) in [6, 6.07) is 23.0. The monoisotopic (exact) mass is 396 g/mol. The van der Waals surface area contributed by atoms with Crippen LogP contribution in [0, 0.1) is 0 Å². The molecule has 0 amide bonds. The number of fused-ring (bicyclic) bond motifs is 2. The van der Waals surface area contributed by atoms with Crippen LogP contribution in [-0.2, 0) is 12.8 Å². The first-order chi connectivity index (χ1) is 14.8. The Balaban J connectivity index is 1.60. The summed E-state index contributed by atoms with van der Waals surface area (Å²) in [4.78, 5) is 11.8. The van der Waals surface area contributed by atoms with Crippen LogP contribution in [0.4, 0.5) is 0 Å². The molecule has 30 heavy (non-hydrogen) atoms. The standard InChI is InChI=1S/C26H24N2O2/c1-30-22-14-12-21(13-15-22)28-26-20(9-5-11-24(26)25(17-29)27-28)16-19-8-4-7-18-6-2-3-10-23(18)19/h2-4,6-8,10,12-15,17,20H,5,9,11,16H2,1H3. The lowest BCUT2D eigenvalue weighted by Gasteiger charge is -2.25. The fourth-order valence-electron chi connectivity index (χ4n) is 4.77. The van der Waals surface area contributed by atoms with Gasteiger partial charge in [0, 0.05) is 11.5 Å². The summed E-state index contributed by atoms with van der Waals surface area (Å²) in [5.74, 6) is 1.13. The number of carbonyl (C=O) groups is 1. The van der Waals surface area contributed by atoms with Gasteiger partial charge in [-0.05, 0) is 66.3 Å². The van der Waals surface area contributed by atoms with Crippen LogP contribution in [0.15, 0.2) is 66.7 Å². The largest absolute Gasteiger partial charge is 0.497 e. The Morgan fingerprint density at radius 3 is 2.67 bits per heavy atom. The van der Waals surface area contributed by atoms with E-state index in [-0.39, 0.29) is 0 Å². The summed E-state index contributed by atoms with van der Waals surface area (Å²) in [6.45, 7) is 0. The maximum Gasteiger partial charge on any atom is 0.170 e. The SMILES string of the molecule is COc1ccc(-n2nc(C=O)c3c2C(Cc2cccc4ccccc24)CCC3)cc1. The molecule has 0 N–H and O–H groups in total. The summed E-state index contributed by atoms with van der Waals surface area (Å²) >= 11 is 0. The molecule has 4 nitrogen and oxygen atoms in total. The molecule has 1 atom stereocenters. The molecule has 3 aromatic carbocycles. The van der Waals surface area contributed by atoms with Crippen LogP contribution < -0.4 is 4.74 Å². The molecule has 150 valence electrons. The molecule has 5 rings (SSSR count). The van der Waals surface area contributed by atoms with Crippen molar-refractivity contribution in [1.82, 2.24) is 9.78 Å². The second kappa shape index (κ2) is 7.79. The molecular formula is C26H24N2O2. The predicted molar refractivity (Wildman–Crippen MR) is 119 cm³/mol. The van der Waals surface area contributed by atoms with Gasteiger partial charge in [-0.25, -0.2) is 4.68 Å². The zero-order chi connectivity index (χ0) is 20.5. The number of hydrogen-bond donors (Lipinski definition) is 0. The average Bonchev–Trinajstić information content (AvgIpc) is 3.19. The average molecular weight is 396 g/mol. The van der Waals surface area contributed by atoms with E-state index in [1.54, 1.807) is 7.11 Å². The molecular weight excluding hydrogens is 372 g/mol. The summed E-state index contributed by atoms with van der Waals surface area (Å²) < 4.78 is 7.28. The first-order valence-corrected chi connectivity index (χ1v) is 10.5. The van der Waals surface area contributed by atoms with Gasteiger partial charge in [0.05, 0.1) is 18.5 Å².